The van der Waals surface area contributed by atoms with Crippen molar-refractivity contribution in [3.8, 4) is 11.5 Å². The van der Waals surface area contributed by atoms with Gasteiger partial charge in [0.05, 0.1) is 5.56 Å². The molecule has 0 aliphatic carbocycles. The van der Waals surface area contributed by atoms with Crippen LogP contribution in [0.2, 0.25) is 0 Å². The van der Waals surface area contributed by atoms with Gasteiger partial charge in [-0.05, 0) is 39.0 Å². The third-order valence-corrected chi connectivity index (χ3v) is 3.27. The third-order valence-electron chi connectivity index (χ3n) is 3.27. The number of carboxylic acids is 1. The van der Waals surface area contributed by atoms with Crippen molar-refractivity contribution in [2.75, 3.05) is 11.9 Å². The Hall–Kier alpha value is -2.82. The molecule has 0 amide bonds. The van der Waals surface area contributed by atoms with Crippen LogP contribution in [0, 0.1) is 6.92 Å². The highest BCUT2D eigenvalue weighted by Gasteiger charge is 2.12. The van der Waals surface area contributed by atoms with E-state index in [1.807, 2.05) is 38.1 Å². The van der Waals surface area contributed by atoms with E-state index in [0.29, 0.717) is 17.1 Å². The second kappa shape index (κ2) is 6.96. The predicted octanol–water partition coefficient (Wildman–Crippen LogP) is 4.24. The van der Waals surface area contributed by atoms with Gasteiger partial charge in [-0.3, -0.25) is 0 Å². The highest BCUT2D eigenvalue weighted by Crippen LogP contribution is 2.28. The molecule has 0 aliphatic rings. The molecule has 0 saturated carbocycles. The molecular formula is C18H20N2O3. The normalized spacial score (nSPS) is 10.1. The van der Waals surface area contributed by atoms with Crippen molar-refractivity contribution in [2.45, 2.75) is 20.8 Å². The highest BCUT2D eigenvalue weighted by molar-refractivity contribution is 5.90. The number of carboxylic acid groups (broad SMARTS) is 1. The van der Waals surface area contributed by atoms with Gasteiger partial charge in [-0.15, -0.1) is 0 Å². The van der Waals surface area contributed by atoms with Gasteiger partial charge >= 0.3 is 5.97 Å². The van der Waals surface area contributed by atoms with Gasteiger partial charge in [-0.2, -0.15) is 0 Å². The van der Waals surface area contributed by atoms with Gasteiger partial charge in [-0.25, -0.2) is 9.78 Å². The van der Waals surface area contributed by atoms with E-state index >= 15 is 0 Å². The summed E-state index contributed by atoms with van der Waals surface area (Å²) < 4.78 is 5.85. The van der Waals surface area contributed by atoms with Crippen LogP contribution in [-0.4, -0.2) is 23.1 Å². The summed E-state index contributed by atoms with van der Waals surface area (Å²) in [6.45, 7) is 5.76. The molecule has 0 fully saturated rings. The fourth-order valence-corrected chi connectivity index (χ4v) is 2.19. The SMILES string of the molecule is CC(C)=CN(C)c1cc(Oc2cccc(C(=O)O)c2C)ccn1. The molecule has 23 heavy (non-hydrogen) atoms. The number of benzene rings is 1. The van der Waals surface area contributed by atoms with Crippen LogP contribution in [0.3, 0.4) is 0 Å². The summed E-state index contributed by atoms with van der Waals surface area (Å²) in [6.07, 6.45) is 3.64. The average Bonchev–Trinajstić information content (AvgIpc) is 2.48. The first kappa shape index (κ1) is 16.5. The van der Waals surface area contributed by atoms with Crippen molar-refractivity contribution < 1.29 is 14.6 Å². The fraction of sp³-hybridized carbons (Fsp3) is 0.222. The lowest BCUT2D eigenvalue weighted by atomic mass is 10.1. The summed E-state index contributed by atoms with van der Waals surface area (Å²) in [4.78, 5) is 17.4. The minimum Gasteiger partial charge on any atom is -0.478 e. The zero-order valence-corrected chi connectivity index (χ0v) is 13.7. The molecule has 0 bridgehead atoms. The monoisotopic (exact) mass is 312 g/mol. The van der Waals surface area contributed by atoms with E-state index in [1.54, 1.807) is 37.4 Å². The minimum absolute atomic E-state index is 0.235. The summed E-state index contributed by atoms with van der Waals surface area (Å²) in [7, 11) is 1.91. The molecule has 1 N–H and O–H groups in total. The lowest BCUT2D eigenvalue weighted by molar-refractivity contribution is 0.0695. The Labute approximate surface area is 135 Å². The summed E-state index contributed by atoms with van der Waals surface area (Å²) in [5.74, 6) is 0.906. The summed E-state index contributed by atoms with van der Waals surface area (Å²) >= 11 is 0. The summed E-state index contributed by atoms with van der Waals surface area (Å²) in [5.41, 5.74) is 1.99. The number of anilines is 1. The van der Waals surface area contributed by atoms with Crippen LogP contribution in [0.5, 0.6) is 11.5 Å². The Morgan fingerprint density at radius 1 is 1.30 bits per heavy atom. The van der Waals surface area contributed by atoms with Gasteiger partial charge in [0, 0.05) is 31.1 Å². The predicted molar refractivity (Wildman–Crippen MR) is 90.3 cm³/mol. The van der Waals surface area contributed by atoms with Crippen molar-refractivity contribution in [3.05, 3.63) is 59.4 Å². The van der Waals surface area contributed by atoms with Crippen molar-refractivity contribution in [1.29, 1.82) is 0 Å². The van der Waals surface area contributed by atoms with Crippen LogP contribution >= 0.6 is 0 Å². The minimum atomic E-state index is -0.966. The number of pyridine rings is 1. The van der Waals surface area contributed by atoms with E-state index in [4.69, 9.17) is 4.74 Å². The maximum absolute atomic E-state index is 11.2. The van der Waals surface area contributed by atoms with E-state index in [2.05, 4.69) is 4.98 Å². The van der Waals surface area contributed by atoms with E-state index < -0.39 is 5.97 Å². The molecule has 1 aromatic heterocycles. The smallest absolute Gasteiger partial charge is 0.336 e. The molecule has 0 radical (unpaired) electrons. The lowest BCUT2D eigenvalue weighted by Gasteiger charge is -2.16. The first-order valence-electron chi connectivity index (χ1n) is 7.23. The van der Waals surface area contributed by atoms with Gasteiger partial charge in [0.25, 0.3) is 0 Å². The first-order valence-corrected chi connectivity index (χ1v) is 7.23. The summed E-state index contributed by atoms with van der Waals surface area (Å²) in [5, 5.41) is 9.18. The van der Waals surface area contributed by atoms with Crippen LogP contribution in [0.4, 0.5) is 5.82 Å². The molecule has 0 unspecified atom stereocenters. The number of allylic oxidation sites excluding steroid dienone is 1. The molecular weight excluding hydrogens is 292 g/mol. The molecule has 1 heterocycles. The standard InChI is InChI=1S/C18H20N2O3/c1-12(2)11-20(4)17-10-14(8-9-19-17)23-16-7-5-6-15(13(16)3)18(21)22/h5-11H,1-4H3,(H,21,22). The van der Waals surface area contributed by atoms with E-state index in [1.165, 1.54) is 0 Å². The van der Waals surface area contributed by atoms with Gasteiger partial charge in [0.1, 0.15) is 17.3 Å². The van der Waals surface area contributed by atoms with Crippen molar-refractivity contribution in [1.82, 2.24) is 4.98 Å². The number of hydrogen-bond donors (Lipinski definition) is 1. The number of aromatic nitrogens is 1. The molecule has 2 aromatic rings. The Morgan fingerprint density at radius 2 is 2.04 bits per heavy atom. The van der Waals surface area contributed by atoms with Gasteiger partial charge in [0.2, 0.25) is 0 Å². The van der Waals surface area contributed by atoms with E-state index in [-0.39, 0.29) is 5.56 Å². The van der Waals surface area contributed by atoms with Crippen LogP contribution < -0.4 is 9.64 Å². The number of rotatable bonds is 5. The Bertz CT molecular complexity index is 750. The molecule has 0 atom stereocenters. The van der Waals surface area contributed by atoms with E-state index in [0.717, 1.165) is 11.4 Å². The molecule has 5 nitrogen and oxygen atoms in total. The molecule has 0 saturated heterocycles. The maximum atomic E-state index is 11.2. The average molecular weight is 312 g/mol. The number of aromatic carboxylic acids is 1. The Balaban J connectivity index is 2.30. The second-order valence-electron chi connectivity index (χ2n) is 5.50. The number of hydrogen-bond acceptors (Lipinski definition) is 4. The molecule has 5 heteroatoms. The van der Waals surface area contributed by atoms with Crippen molar-refractivity contribution in [3.63, 3.8) is 0 Å². The molecule has 120 valence electrons. The van der Waals surface area contributed by atoms with Gasteiger partial charge < -0.3 is 14.7 Å². The maximum Gasteiger partial charge on any atom is 0.336 e. The zero-order chi connectivity index (χ0) is 17.0. The van der Waals surface area contributed by atoms with Gasteiger partial charge in [0.15, 0.2) is 0 Å². The van der Waals surface area contributed by atoms with E-state index in [9.17, 15) is 9.90 Å². The molecule has 2 rings (SSSR count). The molecule has 0 aliphatic heterocycles. The van der Waals surface area contributed by atoms with Crippen molar-refractivity contribution >= 4 is 11.8 Å². The zero-order valence-electron chi connectivity index (χ0n) is 13.7. The van der Waals surface area contributed by atoms with Crippen LogP contribution in [-0.2, 0) is 0 Å². The quantitative estimate of drug-likeness (QED) is 0.894. The van der Waals surface area contributed by atoms with Gasteiger partial charge in [-0.1, -0.05) is 11.6 Å². The topological polar surface area (TPSA) is 62.7 Å². The first-order chi connectivity index (χ1) is 10.9. The number of ether oxygens (including phenoxy) is 1. The second-order valence-corrected chi connectivity index (χ2v) is 5.50. The fourth-order valence-electron chi connectivity index (χ4n) is 2.19. The Kier molecular flexibility index (Phi) is 5.01. The lowest BCUT2D eigenvalue weighted by Crippen LogP contribution is -2.10. The number of carbonyl (C=O) groups is 1. The molecule has 1 aromatic carbocycles. The summed E-state index contributed by atoms with van der Waals surface area (Å²) in [6, 6.07) is 8.54. The largest absolute Gasteiger partial charge is 0.478 e. The van der Waals surface area contributed by atoms with Crippen LogP contribution in [0.1, 0.15) is 29.8 Å². The highest BCUT2D eigenvalue weighted by atomic mass is 16.5. The number of nitrogens with zero attached hydrogens (tertiary/aromatic N) is 2. The van der Waals surface area contributed by atoms with Crippen molar-refractivity contribution in [2.24, 2.45) is 0 Å². The van der Waals surface area contributed by atoms with Crippen LogP contribution in [0.15, 0.2) is 48.3 Å². The van der Waals surface area contributed by atoms with Crippen LogP contribution in [0.25, 0.3) is 0 Å². The molecule has 0 spiro atoms. The third kappa shape index (κ3) is 4.10. The Morgan fingerprint density at radius 3 is 2.70 bits per heavy atom.